The van der Waals surface area contributed by atoms with Gasteiger partial charge in [0.2, 0.25) is 5.60 Å². The van der Waals surface area contributed by atoms with Crippen molar-refractivity contribution in [2.75, 3.05) is 12.4 Å². The van der Waals surface area contributed by atoms with Crippen molar-refractivity contribution in [1.29, 1.82) is 0 Å². The van der Waals surface area contributed by atoms with Crippen LogP contribution in [0.25, 0.3) is 10.9 Å². The first kappa shape index (κ1) is 29.0. The third kappa shape index (κ3) is 6.07. The topological polar surface area (TPSA) is 119 Å². The number of esters is 1. The van der Waals surface area contributed by atoms with Crippen LogP contribution in [0.5, 0.6) is 0 Å². The number of oxime groups is 1. The van der Waals surface area contributed by atoms with Crippen LogP contribution in [0.4, 0.5) is 5.69 Å². The quantitative estimate of drug-likeness (QED) is 0.253. The van der Waals surface area contributed by atoms with Gasteiger partial charge in [-0.2, -0.15) is 0 Å². The first-order valence-electron chi connectivity index (χ1n) is 13.0. The highest BCUT2D eigenvalue weighted by Gasteiger charge is 2.44. The molecule has 0 saturated carbocycles. The molecule has 1 aliphatic heterocycles. The third-order valence-corrected chi connectivity index (χ3v) is 7.56. The standard InChI is InChI=1S/C31H26Cl2N4O5/c1-31(17-26(37-42-31)21-6-3-10-24-20(21)7-5-15-34-24)30(40)36-25(29(39)41-2)16-18-11-13-19(14-12-18)35-28(38)27-22(32)8-4-9-23(27)33/h3-15,25H,16-17H2,1-2H3,(H,35,38)(H,36,40)/t25-,31?/m0/s1. The van der Waals surface area contributed by atoms with Crippen molar-refractivity contribution in [3.63, 3.8) is 0 Å². The number of hydrogen-bond donors (Lipinski definition) is 2. The Balaban J connectivity index is 1.25. The van der Waals surface area contributed by atoms with E-state index in [1.807, 2.05) is 30.3 Å². The number of halogens is 2. The minimum Gasteiger partial charge on any atom is -0.467 e. The lowest BCUT2D eigenvalue weighted by molar-refractivity contribution is -0.150. The van der Waals surface area contributed by atoms with Crippen LogP contribution in [-0.2, 0) is 25.6 Å². The molecule has 42 heavy (non-hydrogen) atoms. The van der Waals surface area contributed by atoms with E-state index in [2.05, 4.69) is 20.8 Å². The van der Waals surface area contributed by atoms with E-state index in [0.29, 0.717) is 11.4 Å². The second kappa shape index (κ2) is 12.2. The maximum absolute atomic E-state index is 13.4. The summed E-state index contributed by atoms with van der Waals surface area (Å²) in [5.41, 5.74) is 2.29. The number of rotatable bonds is 8. The van der Waals surface area contributed by atoms with Gasteiger partial charge in [0.1, 0.15) is 6.04 Å². The number of nitrogens with one attached hydrogen (secondary N) is 2. The Morgan fingerprint density at radius 3 is 2.43 bits per heavy atom. The molecule has 1 aromatic heterocycles. The van der Waals surface area contributed by atoms with E-state index in [0.717, 1.165) is 22.0 Å². The van der Waals surface area contributed by atoms with Gasteiger partial charge in [-0.15, -0.1) is 0 Å². The molecule has 3 aromatic carbocycles. The SMILES string of the molecule is COC(=O)[C@H](Cc1ccc(NC(=O)c2c(Cl)cccc2Cl)cc1)NC(=O)C1(C)CC(c2cccc3ncccc23)=NO1. The van der Waals surface area contributed by atoms with Gasteiger partial charge in [0.05, 0.1) is 33.9 Å². The van der Waals surface area contributed by atoms with Crippen LogP contribution < -0.4 is 10.6 Å². The molecule has 9 nitrogen and oxygen atoms in total. The molecule has 214 valence electrons. The number of carbonyl (C=O) groups is 3. The maximum atomic E-state index is 13.4. The van der Waals surface area contributed by atoms with E-state index < -0.39 is 29.4 Å². The molecule has 1 unspecified atom stereocenters. The Morgan fingerprint density at radius 1 is 1.00 bits per heavy atom. The fourth-order valence-electron chi connectivity index (χ4n) is 4.68. The molecule has 0 aliphatic carbocycles. The Hall–Kier alpha value is -4.47. The van der Waals surface area contributed by atoms with Gasteiger partial charge in [0.15, 0.2) is 0 Å². The molecular formula is C31H26Cl2N4O5. The van der Waals surface area contributed by atoms with Gasteiger partial charge in [-0.05, 0) is 48.9 Å². The zero-order valence-electron chi connectivity index (χ0n) is 22.7. The molecule has 0 fully saturated rings. The van der Waals surface area contributed by atoms with E-state index in [1.165, 1.54) is 7.11 Å². The summed E-state index contributed by atoms with van der Waals surface area (Å²) in [4.78, 5) is 48.7. The Kier molecular flexibility index (Phi) is 8.42. The number of amides is 2. The predicted molar refractivity (Wildman–Crippen MR) is 161 cm³/mol. The number of ether oxygens (including phenoxy) is 1. The highest BCUT2D eigenvalue weighted by Crippen LogP contribution is 2.30. The first-order valence-corrected chi connectivity index (χ1v) is 13.8. The van der Waals surface area contributed by atoms with E-state index in [-0.39, 0.29) is 28.5 Å². The lowest BCUT2D eigenvalue weighted by Gasteiger charge is -2.24. The van der Waals surface area contributed by atoms with Crippen molar-refractivity contribution in [1.82, 2.24) is 10.3 Å². The molecule has 11 heteroatoms. The number of nitrogens with zero attached hydrogens (tertiary/aromatic N) is 2. The van der Waals surface area contributed by atoms with Crippen LogP contribution in [0.3, 0.4) is 0 Å². The Labute approximate surface area is 251 Å². The lowest BCUT2D eigenvalue weighted by atomic mass is 9.92. The molecule has 4 aromatic rings. The lowest BCUT2D eigenvalue weighted by Crippen LogP contribution is -2.52. The largest absolute Gasteiger partial charge is 0.467 e. The van der Waals surface area contributed by atoms with Crippen LogP contribution in [0.15, 0.2) is 84.1 Å². The number of aromatic nitrogens is 1. The number of pyridine rings is 1. The number of benzene rings is 3. The zero-order chi connectivity index (χ0) is 29.9. The van der Waals surface area contributed by atoms with Crippen LogP contribution in [0.2, 0.25) is 10.0 Å². The van der Waals surface area contributed by atoms with E-state index in [4.69, 9.17) is 32.8 Å². The van der Waals surface area contributed by atoms with Crippen molar-refractivity contribution in [3.05, 3.63) is 106 Å². The summed E-state index contributed by atoms with van der Waals surface area (Å²) in [6, 6.07) is 20.1. The van der Waals surface area contributed by atoms with Gasteiger partial charge >= 0.3 is 5.97 Å². The van der Waals surface area contributed by atoms with Crippen molar-refractivity contribution in [3.8, 4) is 0 Å². The van der Waals surface area contributed by atoms with Gasteiger partial charge in [0.25, 0.3) is 11.8 Å². The number of hydrogen-bond acceptors (Lipinski definition) is 7. The van der Waals surface area contributed by atoms with E-state index >= 15 is 0 Å². The van der Waals surface area contributed by atoms with Crippen molar-refractivity contribution >= 4 is 63.3 Å². The van der Waals surface area contributed by atoms with Crippen molar-refractivity contribution < 1.29 is 24.0 Å². The third-order valence-electron chi connectivity index (χ3n) is 6.93. The fourth-order valence-corrected chi connectivity index (χ4v) is 5.24. The van der Waals surface area contributed by atoms with Crippen molar-refractivity contribution in [2.45, 2.75) is 31.4 Å². The minimum atomic E-state index is -1.33. The summed E-state index contributed by atoms with van der Waals surface area (Å²) >= 11 is 12.3. The van der Waals surface area contributed by atoms with E-state index in [9.17, 15) is 14.4 Å². The molecule has 0 radical (unpaired) electrons. The number of carbonyl (C=O) groups excluding carboxylic acids is 3. The second-order valence-corrected chi connectivity index (χ2v) is 10.7. The fraction of sp³-hybridized carbons (Fsp3) is 0.194. The molecule has 5 rings (SSSR count). The summed E-state index contributed by atoms with van der Waals surface area (Å²) in [5, 5.41) is 11.1. The molecule has 2 N–H and O–H groups in total. The van der Waals surface area contributed by atoms with Gasteiger partial charge in [-0.1, -0.05) is 64.8 Å². The Morgan fingerprint density at radius 2 is 1.71 bits per heavy atom. The average Bonchev–Trinajstić information content (AvgIpc) is 3.40. The number of methoxy groups -OCH3 is 1. The highest BCUT2D eigenvalue weighted by molar-refractivity contribution is 6.40. The van der Waals surface area contributed by atoms with Gasteiger partial charge in [-0.3, -0.25) is 14.6 Å². The molecule has 2 atom stereocenters. The van der Waals surface area contributed by atoms with Gasteiger partial charge < -0.3 is 20.2 Å². The highest BCUT2D eigenvalue weighted by atomic mass is 35.5. The molecule has 2 heterocycles. The summed E-state index contributed by atoms with van der Waals surface area (Å²) in [5.74, 6) is -1.57. The Bertz CT molecular complexity index is 1680. The summed E-state index contributed by atoms with van der Waals surface area (Å²) < 4.78 is 4.96. The molecule has 2 amide bonds. The average molecular weight is 605 g/mol. The zero-order valence-corrected chi connectivity index (χ0v) is 24.2. The van der Waals surface area contributed by atoms with Gasteiger partial charge in [-0.25, -0.2) is 4.79 Å². The van der Waals surface area contributed by atoms with Crippen molar-refractivity contribution in [2.24, 2.45) is 5.16 Å². The van der Waals surface area contributed by atoms with Crippen LogP contribution >= 0.6 is 23.2 Å². The summed E-state index contributed by atoms with van der Waals surface area (Å²) in [6.45, 7) is 1.62. The molecular weight excluding hydrogens is 579 g/mol. The van der Waals surface area contributed by atoms with Crippen LogP contribution in [-0.4, -0.2) is 47.2 Å². The van der Waals surface area contributed by atoms with E-state index in [1.54, 1.807) is 55.6 Å². The second-order valence-electron chi connectivity index (χ2n) is 9.91. The van der Waals surface area contributed by atoms with Gasteiger partial charge in [0, 0.05) is 35.7 Å². The van der Waals surface area contributed by atoms with Crippen LogP contribution in [0, 0.1) is 0 Å². The monoisotopic (exact) mass is 604 g/mol. The smallest absolute Gasteiger partial charge is 0.328 e. The first-order chi connectivity index (χ1) is 20.2. The van der Waals surface area contributed by atoms with Crippen LogP contribution in [0.1, 0.15) is 34.8 Å². The summed E-state index contributed by atoms with van der Waals surface area (Å²) in [6.07, 6.45) is 2.05. The molecule has 1 aliphatic rings. The normalized spacial score (nSPS) is 16.7. The molecule has 0 spiro atoms. The summed E-state index contributed by atoms with van der Waals surface area (Å²) in [7, 11) is 1.25. The maximum Gasteiger partial charge on any atom is 0.328 e. The number of anilines is 1. The minimum absolute atomic E-state index is 0.141. The molecule has 0 saturated heterocycles. The molecule has 0 bridgehead atoms. The predicted octanol–water partition coefficient (Wildman–Crippen LogP) is 5.58. The number of fused-ring (bicyclic) bond motifs is 1.